The molecule has 1 aliphatic rings. The van der Waals surface area contributed by atoms with Crippen LogP contribution in [0, 0.1) is 13.8 Å². The summed E-state index contributed by atoms with van der Waals surface area (Å²) in [6.07, 6.45) is 1.22. The predicted octanol–water partition coefficient (Wildman–Crippen LogP) is 5.66. The molecule has 1 atom stereocenters. The minimum Gasteiger partial charge on any atom is -0.497 e. The second-order valence-corrected chi connectivity index (χ2v) is 9.48. The molecule has 1 saturated heterocycles. The Bertz CT molecular complexity index is 1410. The number of nitrogens with zero attached hydrogens (tertiary/aromatic N) is 3. The van der Waals surface area contributed by atoms with Crippen LogP contribution in [0.25, 0.3) is 11.0 Å². The highest BCUT2D eigenvalue weighted by Gasteiger charge is 2.36. The molecule has 1 aliphatic heterocycles. The molecular weight excluding hydrogens is 466 g/mol. The molecule has 1 fully saturated rings. The second kappa shape index (κ2) is 10.5. The molecule has 0 bridgehead atoms. The van der Waals surface area contributed by atoms with Crippen molar-refractivity contribution < 1.29 is 19.0 Å². The summed E-state index contributed by atoms with van der Waals surface area (Å²) in [5.74, 6) is 3.24. The van der Waals surface area contributed by atoms with E-state index in [1.54, 1.807) is 19.1 Å². The van der Waals surface area contributed by atoms with E-state index in [1.165, 1.54) is 0 Å². The first-order valence-corrected chi connectivity index (χ1v) is 12.7. The molecule has 1 amide bonds. The van der Waals surface area contributed by atoms with Gasteiger partial charge in [-0.3, -0.25) is 4.79 Å². The van der Waals surface area contributed by atoms with Gasteiger partial charge in [0.15, 0.2) is 0 Å². The third kappa shape index (κ3) is 4.86. The van der Waals surface area contributed by atoms with Crippen LogP contribution in [-0.2, 0) is 11.3 Å². The maximum atomic E-state index is 13.2. The summed E-state index contributed by atoms with van der Waals surface area (Å²) in [7, 11) is 3.23. The number of hydrogen-bond donors (Lipinski definition) is 0. The van der Waals surface area contributed by atoms with Crippen LogP contribution < -0.4 is 19.1 Å². The highest BCUT2D eigenvalue weighted by molar-refractivity contribution is 5.98. The van der Waals surface area contributed by atoms with Crippen molar-refractivity contribution in [2.24, 2.45) is 0 Å². The lowest BCUT2D eigenvalue weighted by atomic mass is 10.1. The molecule has 0 saturated carbocycles. The second-order valence-electron chi connectivity index (χ2n) is 9.48. The van der Waals surface area contributed by atoms with Crippen LogP contribution in [0.15, 0.2) is 60.7 Å². The van der Waals surface area contributed by atoms with Crippen LogP contribution >= 0.6 is 0 Å². The fourth-order valence-corrected chi connectivity index (χ4v) is 5.19. The molecular formula is C30H33N3O4. The lowest BCUT2D eigenvalue weighted by Gasteiger charge is -2.20. The van der Waals surface area contributed by atoms with Gasteiger partial charge in [-0.2, -0.15) is 0 Å². The lowest BCUT2D eigenvalue weighted by Crippen LogP contribution is -2.25. The summed E-state index contributed by atoms with van der Waals surface area (Å²) in [6, 6.07) is 19.9. The van der Waals surface area contributed by atoms with Crippen molar-refractivity contribution in [1.29, 1.82) is 0 Å². The van der Waals surface area contributed by atoms with Crippen molar-refractivity contribution in [3.8, 4) is 17.2 Å². The average molecular weight is 500 g/mol. The van der Waals surface area contributed by atoms with Gasteiger partial charge in [-0.15, -0.1) is 0 Å². The standard InChI is InChI=1S/C30H33N3O4/c1-20-9-7-10-21(2)29(20)37-16-8-15-32-25-12-6-5-11-24(25)31-30(32)22-17-28(34)33(19-22)26-18-23(35-3)13-14-27(26)36-4/h5-7,9-14,18,22H,8,15-17,19H2,1-4H3. The highest BCUT2D eigenvalue weighted by atomic mass is 16.5. The third-order valence-corrected chi connectivity index (χ3v) is 7.03. The maximum absolute atomic E-state index is 13.2. The van der Waals surface area contributed by atoms with Crippen molar-refractivity contribution in [3.63, 3.8) is 0 Å². The average Bonchev–Trinajstić information content (AvgIpc) is 3.47. The number of rotatable bonds is 9. The zero-order valence-corrected chi connectivity index (χ0v) is 21.9. The summed E-state index contributed by atoms with van der Waals surface area (Å²) in [4.78, 5) is 20.0. The molecule has 7 nitrogen and oxygen atoms in total. The number of amides is 1. The first-order valence-electron chi connectivity index (χ1n) is 12.7. The number of benzene rings is 3. The molecule has 0 N–H and O–H groups in total. The maximum Gasteiger partial charge on any atom is 0.227 e. The number of anilines is 1. The zero-order chi connectivity index (χ0) is 25.9. The Hall–Kier alpha value is -4.00. The third-order valence-electron chi connectivity index (χ3n) is 7.03. The summed E-state index contributed by atoms with van der Waals surface area (Å²) in [5.41, 5.74) is 5.03. The number of carbonyl (C=O) groups is 1. The highest BCUT2D eigenvalue weighted by Crippen LogP contribution is 2.39. The molecule has 0 spiro atoms. The molecule has 0 radical (unpaired) electrons. The van der Waals surface area contributed by atoms with Crippen LogP contribution in [0.2, 0.25) is 0 Å². The fraction of sp³-hybridized carbons (Fsp3) is 0.333. The first-order chi connectivity index (χ1) is 18.0. The Balaban J connectivity index is 1.38. The summed E-state index contributed by atoms with van der Waals surface area (Å²) in [6.45, 7) is 6.04. The van der Waals surface area contributed by atoms with Crippen LogP contribution in [0.5, 0.6) is 17.2 Å². The molecule has 3 aromatic carbocycles. The van der Waals surface area contributed by atoms with E-state index >= 15 is 0 Å². The molecule has 7 heteroatoms. The fourth-order valence-electron chi connectivity index (χ4n) is 5.19. The van der Waals surface area contributed by atoms with E-state index in [0.717, 1.165) is 52.4 Å². The number of aryl methyl sites for hydroxylation is 3. The monoisotopic (exact) mass is 499 g/mol. The van der Waals surface area contributed by atoms with Gasteiger partial charge in [0.25, 0.3) is 0 Å². The molecule has 1 unspecified atom stereocenters. The van der Waals surface area contributed by atoms with Gasteiger partial charge < -0.3 is 23.7 Å². The zero-order valence-electron chi connectivity index (χ0n) is 21.9. The molecule has 5 rings (SSSR count). The van der Waals surface area contributed by atoms with Crippen LogP contribution in [0.3, 0.4) is 0 Å². The quantitative estimate of drug-likeness (QED) is 0.278. The Morgan fingerprint density at radius 1 is 0.973 bits per heavy atom. The van der Waals surface area contributed by atoms with Gasteiger partial charge in [-0.05, 0) is 55.7 Å². The summed E-state index contributed by atoms with van der Waals surface area (Å²) < 4.78 is 19.4. The van der Waals surface area contributed by atoms with Crippen molar-refractivity contribution in [1.82, 2.24) is 9.55 Å². The van der Waals surface area contributed by atoms with Crippen molar-refractivity contribution >= 4 is 22.6 Å². The Kier molecular flexibility index (Phi) is 7.04. The predicted molar refractivity (Wildman–Crippen MR) is 145 cm³/mol. The van der Waals surface area contributed by atoms with Crippen molar-refractivity contribution in [3.05, 3.63) is 77.6 Å². The minimum atomic E-state index is -0.0321. The summed E-state index contributed by atoms with van der Waals surface area (Å²) in [5, 5.41) is 0. The SMILES string of the molecule is COc1ccc(OC)c(N2CC(c3nc4ccccc4n3CCCOc3c(C)cccc3C)CC2=O)c1. The Morgan fingerprint density at radius 2 is 1.76 bits per heavy atom. The number of ether oxygens (including phenoxy) is 3. The molecule has 1 aromatic heterocycles. The van der Waals surface area contributed by atoms with Gasteiger partial charge in [0.2, 0.25) is 5.91 Å². The molecule has 37 heavy (non-hydrogen) atoms. The van der Waals surface area contributed by atoms with E-state index in [4.69, 9.17) is 19.2 Å². The number of para-hydroxylation sites is 3. The van der Waals surface area contributed by atoms with Gasteiger partial charge in [0.1, 0.15) is 23.1 Å². The molecule has 0 aliphatic carbocycles. The smallest absolute Gasteiger partial charge is 0.227 e. The van der Waals surface area contributed by atoms with E-state index in [1.807, 2.05) is 36.4 Å². The number of aromatic nitrogens is 2. The van der Waals surface area contributed by atoms with Crippen molar-refractivity contribution in [2.45, 2.75) is 39.2 Å². The van der Waals surface area contributed by atoms with Gasteiger partial charge in [-0.25, -0.2) is 4.98 Å². The molecule has 4 aromatic rings. The topological polar surface area (TPSA) is 65.8 Å². The van der Waals surface area contributed by atoms with E-state index in [0.29, 0.717) is 31.1 Å². The van der Waals surface area contributed by atoms with E-state index in [9.17, 15) is 4.79 Å². The Morgan fingerprint density at radius 3 is 2.51 bits per heavy atom. The Labute approximate surface area is 217 Å². The van der Waals surface area contributed by atoms with Crippen LogP contribution in [0.1, 0.15) is 35.7 Å². The first kappa shape index (κ1) is 24.7. The molecule has 2 heterocycles. The van der Waals surface area contributed by atoms with Gasteiger partial charge in [0, 0.05) is 31.5 Å². The van der Waals surface area contributed by atoms with Gasteiger partial charge >= 0.3 is 0 Å². The number of carbonyl (C=O) groups excluding carboxylic acids is 1. The van der Waals surface area contributed by atoms with E-state index in [-0.39, 0.29) is 11.8 Å². The molecule has 192 valence electrons. The number of hydrogen-bond acceptors (Lipinski definition) is 5. The number of fused-ring (bicyclic) bond motifs is 1. The number of imidazole rings is 1. The van der Waals surface area contributed by atoms with Crippen LogP contribution in [-0.4, -0.2) is 42.8 Å². The van der Waals surface area contributed by atoms with Gasteiger partial charge in [0.05, 0.1) is 37.5 Å². The van der Waals surface area contributed by atoms with E-state index in [2.05, 4.69) is 42.7 Å². The van der Waals surface area contributed by atoms with Gasteiger partial charge in [-0.1, -0.05) is 30.3 Å². The van der Waals surface area contributed by atoms with Crippen molar-refractivity contribution in [2.75, 3.05) is 32.3 Å². The minimum absolute atomic E-state index is 0.0321. The number of methoxy groups -OCH3 is 2. The lowest BCUT2D eigenvalue weighted by molar-refractivity contribution is -0.117. The van der Waals surface area contributed by atoms with E-state index < -0.39 is 0 Å². The summed E-state index contributed by atoms with van der Waals surface area (Å²) >= 11 is 0. The van der Waals surface area contributed by atoms with Crippen LogP contribution in [0.4, 0.5) is 5.69 Å². The normalized spacial score (nSPS) is 15.4. The largest absolute Gasteiger partial charge is 0.497 e.